The quantitative estimate of drug-likeness (QED) is 0.843. The highest BCUT2D eigenvalue weighted by atomic mass is 35.5. The summed E-state index contributed by atoms with van der Waals surface area (Å²) in [5.41, 5.74) is 0.672. The fraction of sp³-hybridized carbons (Fsp3) is 0.571. The minimum absolute atomic E-state index is 0.218. The third-order valence-electron chi connectivity index (χ3n) is 3.36. The Hall–Kier alpha value is -0.970. The molecule has 2 N–H and O–H groups in total. The molecule has 5 heteroatoms. The summed E-state index contributed by atoms with van der Waals surface area (Å²) in [4.78, 5) is 0. The largest absolute Gasteiger partial charge is 0.493 e. The first kappa shape index (κ1) is 14.4. The summed E-state index contributed by atoms with van der Waals surface area (Å²) in [7, 11) is 3.37. The van der Waals surface area contributed by atoms with Crippen LogP contribution in [-0.2, 0) is 0 Å². The molecule has 1 atom stereocenters. The summed E-state index contributed by atoms with van der Waals surface area (Å²) in [6.45, 7) is 0.435. The lowest BCUT2D eigenvalue weighted by atomic mass is 9.96. The Bertz CT molecular complexity index is 435. The van der Waals surface area contributed by atoms with Crippen molar-refractivity contribution in [3.63, 3.8) is 0 Å². The van der Waals surface area contributed by atoms with Crippen molar-refractivity contribution in [2.75, 3.05) is 20.7 Å². The first-order valence-electron chi connectivity index (χ1n) is 6.52. The third kappa shape index (κ3) is 3.32. The lowest BCUT2D eigenvalue weighted by molar-refractivity contribution is 0.106. The number of hydrogen-bond acceptors (Lipinski definition) is 4. The molecule has 1 unspecified atom stereocenters. The van der Waals surface area contributed by atoms with Gasteiger partial charge in [-0.05, 0) is 32.4 Å². The zero-order chi connectivity index (χ0) is 13.8. The van der Waals surface area contributed by atoms with Crippen LogP contribution in [0.1, 0.15) is 30.9 Å². The average Bonchev–Trinajstić information content (AvgIpc) is 2.34. The van der Waals surface area contributed by atoms with Crippen LogP contribution >= 0.6 is 11.6 Å². The van der Waals surface area contributed by atoms with E-state index in [1.54, 1.807) is 26.3 Å². The van der Waals surface area contributed by atoms with Crippen LogP contribution in [0.15, 0.2) is 12.1 Å². The van der Waals surface area contributed by atoms with E-state index in [9.17, 15) is 5.11 Å². The highest BCUT2D eigenvalue weighted by molar-refractivity contribution is 6.30. The van der Waals surface area contributed by atoms with Gasteiger partial charge in [0.2, 0.25) is 0 Å². The molecular formula is C14H20ClNO3. The molecule has 0 heterocycles. The van der Waals surface area contributed by atoms with Gasteiger partial charge in [0, 0.05) is 23.2 Å². The Kier molecular flexibility index (Phi) is 4.91. The maximum Gasteiger partial charge on any atom is 0.167 e. The summed E-state index contributed by atoms with van der Waals surface area (Å²) < 4.78 is 11.3. The molecule has 0 radical (unpaired) electrons. The number of hydrogen-bond donors (Lipinski definition) is 2. The normalized spacial score (nSPS) is 16.8. The lowest BCUT2D eigenvalue weighted by Crippen LogP contribution is -2.26. The number of benzene rings is 1. The van der Waals surface area contributed by atoms with Gasteiger partial charge in [-0.3, -0.25) is 0 Å². The van der Waals surface area contributed by atoms with Crippen LogP contribution in [0.5, 0.6) is 11.5 Å². The smallest absolute Gasteiger partial charge is 0.167 e. The van der Waals surface area contributed by atoms with Crippen LogP contribution in [-0.4, -0.2) is 31.9 Å². The van der Waals surface area contributed by atoms with Crippen LogP contribution in [0.25, 0.3) is 0 Å². The van der Waals surface area contributed by atoms with Crippen LogP contribution in [0, 0.1) is 0 Å². The van der Waals surface area contributed by atoms with Gasteiger partial charge in [-0.15, -0.1) is 0 Å². The lowest BCUT2D eigenvalue weighted by Gasteiger charge is -2.29. The second-order valence-corrected chi connectivity index (χ2v) is 5.21. The summed E-state index contributed by atoms with van der Waals surface area (Å²) in [5, 5.41) is 13.7. The Morgan fingerprint density at radius 3 is 2.74 bits per heavy atom. The van der Waals surface area contributed by atoms with Crippen LogP contribution in [0.4, 0.5) is 0 Å². The molecule has 0 bridgehead atoms. The first-order chi connectivity index (χ1) is 9.15. The predicted molar refractivity (Wildman–Crippen MR) is 75.2 cm³/mol. The summed E-state index contributed by atoms with van der Waals surface area (Å²) in [6.07, 6.45) is 2.83. The zero-order valence-electron chi connectivity index (χ0n) is 11.3. The molecule has 1 saturated carbocycles. The second kappa shape index (κ2) is 6.46. The minimum Gasteiger partial charge on any atom is -0.493 e. The van der Waals surface area contributed by atoms with E-state index in [2.05, 4.69) is 5.32 Å². The maximum atomic E-state index is 10.2. The average molecular weight is 286 g/mol. The number of methoxy groups -OCH3 is 1. The maximum absolute atomic E-state index is 10.2. The molecule has 106 valence electrons. The molecular weight excluding hydrogens is 266 g/mol. The van der Waals surface area contributed by atoms with E-state index in [4.69, 9.17) is 21.1 Å². The monoisotopic (exact) mass is 285 g/mol. The van der Waals surface area contributed by atoms with Crippen LogP contribution in [0.3, 0.4) is 0 Å². The topological polar surface area (TPSA) is 50.7 Å². The molecule has 1 aliphatic carbocycles. The van der Waals surface area contributed by atoms with Gasteiger partial charge < -0.3 is 19.9 Å². The Labute approximate surface area is 118 Å². The fourth-order valence-corrected chi connectivity index (χ4v) is 2.29. The molecule has 1 aliphatic rings. The van der Waals surface area contributed by atoms with Crippen molar-refractivity contribution in [3.8, 4) is 11.5 Å². The number of aliphatic hydroxyl groups excluding tert-OH is 1. The molecule has 4 nitrogen and oxygen atoms in total. The van der Waals surface area contributed by atoms with Gasteiger partial charge in [-0.1, -0.05) is 11.6 Å². The SMILES string of the molecule is CNCC(O)c1cc(Cl)cc(OC)c1OC1CCC1. The van der Waals surface area contributed by atoms with Crippen LogP contribution in [0.2, 0.25) is 5.02 Å². The summed E-state index contributed by atoms with van der Waals surface area (Å²) >= 11 is 6.06. The molecule has 0 amide bonds. The van der Waals surface area contributed by atoms with Gasteiger partial charge in [0.1, 0.15) is 0 Å². The van der Waals surface area contributed by atoms with Crippen molar-refractivity contribution in [2.24, 2.45) is 0 Å². The van der Waals surface area contributed by atoms with Crippen molar-refractivity contribution in [1.82, 2.24) is 5.32 Å². The van der Waals surface area contributed by atoms with E-state index in [-0.39, 0.29) is 6.10 Å². The van der Waals surface area contributed by atoms with Crippen molar-refractivity contribution >= 4 is 11.6 Å². The number of halogens is 1. The van der Waals surface area contributed by atoms with E-state index in [0.29, 0.717) is 28.6 Å². The number of ether oxygens (including phenoxy) is 2. The number of nitrogens with one attached hydrogen (secondary N) is 1. The highest BCUT2D eigenvalue weighted by Gasteiger charge is 2.25. The van der Waals surface area contributed by atoms with Gasteiger partial charge in [0.15, 0.2) is 11.5 Å². The standard InChI is InChI=1S/C14H20ClNO3/c1-16-8-12(17)11-6-9(15)7-13(18-2)14(11)19-10-4-3-5-10/h6-7,10,12,16-17H,3-5,8H2,1-2H3. The molecule has 1 aromatic carbocycles. The minimum atomic E-state index is -0.673. The highest BCUT2D eigenvalue weighted by Crippen LogP contribution is 2.40. The van der Waals surface area contributed by atoms with Crippen molar-refractivity contribution in [2.45, 2.75) is 31.5 Å². The number of aliphatic hydroxyl groups is 1. The molecule has 1 aromatic rings. The summed E-state index contributed by atoms with van der Waals surface area (Å²) in [5.74, 6) is 1.18. The predicted octanol–water partition coefficient (Wildman–Crippen LogP) is 2.53. The molecule has 2 rings (SSSR count). The van der Waals surface area contributed by atoms with Crippen molar-refractivity contribution < 1.29 is 14.6 Å². The molecule has 0 aromatic heterocycles. The third-order valence-corrected chi connectivity index (χ3v) is 3.58. The van der Waals surface area contributed by atoms with Gasteiger partial charge in [-0.25, -0.2) is 0 Å². The van der Waals surface area contributed by atoms with Gasteiger partial charge in [-0.2, -0.15) is 0 Å². The van der Waals surface area contributed by atoms with E-state index in [1.165, 1.54) is 6.42 Å². The number of rotatable bonds is 6. The zero-order valence-corrected chi connectivity index (χ0v) is 12.0. The van der Waals surface area contributed by atoms with Gasteiger partial charge in [0.25, 0.3) is 0 Å². The number of likely N-dealkylation sites (N-methyl/N-ethyl adjacent to an activating group) is 1. The molecule has 19 heavy (non-hydrogen) atoms. The molecule has 0 aliphatic heterocycles. The van der Waals surface area contributed by atoms with Gasteiger partial charge in [0.05, 0.1) is 19.3 Å². The van der Waals surface area contributed by atoms with E-state index in [1.807, 2.05) is 0 Å². The Morgan fingerprint density at radius 1 is 1.47 bits per heavy atom. The van der Waals surface area contributed by atoms with Crippen LogP contribution < -0.4 is 14.8 Å². The molecule has 0 spiro atoms. The van der Waals surface area contributed by atoms with E-state index >= 15 is 0 Å². The summed E-state index contributed by atoms with van der Waals surface area (Å²) in [6, 6.07) is 3.45. The fourth-order valence-electron chi connectivity index (χ4n) is 2.07. The van der Waals surface area contributed by atoms with E-state index in [0.717, 1.165) is 12.8 Å². The van der Waals surface area contributed by atoms with E-state index < -0.39 is 6.10 Å². The molecule has 0 saturated heterocycles. The van der Waals surface area contributed by atoms with Gasteiger partial charge >= 0.3 is 0 Å². The second-order valence-electron chi connectivity index (χ2n) is 4.77. The first-order valence-corrected chi connectivity index (χ1v) is 6.90. The van der Waals surface area contributed by atoms with Crippen molar-refractivity contribution in [3.05, 3.63) is 22.7 Å². The Morgan fingerprint density at radius 2 is 2.21 bits per heavy atom. The van der Waals surface area contributed by atoms with Crippen molar-refractivity contribution in [1.29, 1.82) is 0 Å². The Balaban J connectivity index is 2.33. The molecule has 1 fully saturated rings.